The Hall–Kier alpha value is -1.61. The summed E-state index contributed by atoms with van der Waals surface area (Å²) in [4.78, 5) is 11.1. The van der Waals surface area contributed by atoms with Crippen LogP contribution in [0.2, 0.25) is 0 Å². The van der Waals surface area contributed by atoms with Crippen LogP contribution in [0.4, 0.5) is 0 Å². The molecule has 0 radical (unpaired) electrons. The van der Waals surface area contributed by atoms with E-state index in [2.05, 4.69) is 62.1 Å². The van der Waals surface area contributed by atoms with E-state index in [1.165, 1.54) is 5.56 Å². The van der Waals surface area contributed by atoms with Crippen molar-refractivity contribution in [3.05, 3.63) is 54.1 Å². The van der Waals surface area contributed by atoms with Crippen LogP contribution in [0.15, 0.2) is 47.7 Å². The molecule has 1 unspecified atom stereocenters. The van der Waals surface area contributed by atoms with Crippen LogP contribution in [0.1, 0.15) is 17.8 Å². The fourth-order valence-corrected chi connectivity index (χ4v) is 3.35. The first kappa shape index (κ1) is 21.7. The van der Waals surface area contributed by atoms with Crippen LogP contribution in [0, 0.1) is 5.92 Å². The van der Waals surface area contributed by atoms with Gasteiger partial charge in [-0.1, -0.05) is 30.3 Å². The number of aryl methyl sites for hydroxylation is 2. The van der Waals surface area contributed by atoms with Gasteiger partial charge in [0.25, 0.3) is 0 Å². The Morgan fingerprint density at radius 3 is 2.89 bits per heavy atom. The number of aliphatic imine (C=N–C) groups is 1. The first-order chi connectivity index (χ1) is 12.8. The summed E-state index contributed by atoms with van der Waals surface area (Å²) in [5.74, 6) is 2.51. The zero-order chi connectivity index (χ0) is 18.2. The number of benzene rings is 1. The molecule has 27 heavy (non-hydrogen) atoms. The molecule has 2 heterocycles. The molecule has 0 aliphatic carbocycles. The highest BCUT2D eigenvalue weighted by Gasteiger charge is 2.19. The zero-order valence-electron chi connectivity index (χ0n) is 16.2. The van der Waals surface area contributed by atoms with E-state index in [1.54, 1.807) is 0 Å². The Balaban J connectivity index is 0.00000261. The Labute approximate surface area is 179 Å². The van der Waals surface area contributed by atoms with E-state index >= 15 is 0 Å². The molecule has 148 valence electrons. The van der Waals surface area contributed by atoms with E-state index in [-0.39, 0.29) is 24.0 Å². The van der Waals surface area contributed by atoms with Crippen molar-refractivity contribution in [1.82, 2.24) is 19.8 Å². The van der Waals surface area contributed by atoms with E-state index in [9.17, 15) is 0 Å². The molecule has 1 atom stereocenters. The molecule has 0 amide bonds. The van der Waals surface area contributed by atoms with Crippen molar-refractivity contribution >= 4 is 29.9 Å². The summed E-state index contributed by atoms with van der Waals surface area (Å²) in [5.41, 5.74) is 1.34. The molecule has 1 aliphatic rings. The minimum Gasteiger partial charge on any atom is -0.381 e. The molecule has 0 bridgehead atoms. The van der Waals surface area contributed by atoms with E-state index in [1.807, 2.05) is 19.4 Å². The molecule has 2 aromatic rings. The lowest BCUT2D eigenvalue weighted by atomic mass is 10.1. The highest BCUT2D eigenvalue weighted by Crippen LogP contribution is 2.13. The van der Waals surface area contributed by atoms with Crippen molar-refractivity contribution < 1.29 is 4.74 Å². The fraction of sp³-hybridized carbons (Fsp3) is 0.500. The van der Waals surface area contributed by atoms with Crippen LogP contribution in [0.3, 0.4) is 0 Å². The van der Waals surface area contributed by atoms with Crippen LogP contribution in [-0.4, -0.2) is 54.3 Å². The third kappa shape index (κ3) is 6.49. The van der Waals surface area contributed by atoms with Gasteiger partial charge in [-0.3, -0.25) is 4.99 Å². The summed E-state index contributed by atoms with van der Waals surface area (Å²) in [5, 5.41) is 3.44. The van der Waals surface area contributed by atoms with Gasteiger partial charge in [0.05, 0.1) is 13.2 Å². The van der Waals surface area contributed by atoms with E-state index < -0.39 is 0 Å². The minimum atomic E-state index is 0. The molecule has 1 saturated heterocycles. The molecule has 0 spiro atoms. The van der Waals surface area contributed by atoms with E-state index in [0.717, 1.165) is 50.9 Å². The Morgan fingerprint density at radius 2 is 2.19 bits per heavy atom. The van der Waals surface area contributed by atoms with Gasteiger partial charge >= 0.3 is 0 Å². The van der Waals surface area contributed by atoms with Gasteiger partial charge in [0.1, 0.15) is 5.82 Å². The summed E-state index contributed by atoms with van der Waals surface area (Å²) >= 11 is 0. The van der Waals surface area contributed by atoms with E-state index in [4.69, 9.17) is 4.74 Å². The maximum absolute atomic E-state index is 5.47. The van der Waals surface area contributed by atoms with E-state index in [0.29, 0.717) is 12.5 Å². The van der Waals surface area contributed by atoms with Crippen molar-refractivity contribution in [3.63, 3.8) is 0 Å². The fourth-order valence-electron chi connectivity index (χ4n) is 3.35. The van der Waals surface area contributed by atoms with Crippen molar-refractivity contribution in [1.29, 1.82) is 0 Å². The molecule has 1 fully saturated rings. The lowest BCUT2D eigenvalue weighted by Gasteiger charge is -2.24. The van der Waals surface area contributed by atoms with Crippen LogP contribution >= 0.6 is 24.0 Å². The number of ether oxygens (including phenoxy) is 1. The largest absolute Gasteiger partial charge is 0.381 e. The second kappa shape index (κ2) is 11.3. The normalized spacial score (nSPS) is 16.8. The SMILES string of the molecule is CN=C(NCc1nccn1CCc1ccccc1)N(C)CC1CCOC1.I. The molecular weight excluding hydrogens is 453 g/mol. The molecule has 6 nitrogen and oxygen atoms in total. The third-order valence-electron chi connectivity index (χ3n) is 4.82. The number of imidazole rings is 1. The maximum Gasteiger partial charge on any atom is 0.193 e. The van der Waals surface area contributed by atoms with Crippen LogP contribution < -0.4 is 5.32 Å². The average Bonchev–Trinajstić information content (AvgIpc) is 3.33. The summed E-state index contributed by atoms with van der Waals surface area (Å²) in [6, 6.07) is 10.6. The van der Waals surface area contributed by atoms with Crippen LogP contribution in [0.25, 0.3) is 0 Å². The lowest BCUT2D eigenvalue weighted by Crippen LogP contribution is -2.41. The summed E-state index contributed by atoms with van der Waals surface area (Å²) in [6.07, 6.45) is 6.04. The number of nitrogens with one attached hydrogen (secondary N) is 1. The van der Waals surface area contributed by atoms with Crippen molar-refractivity contribution in [2.45, 2.75) is 25.9 Å². The van der Waals surface area contributed by atoms with Gasteiger partial charge in [-0.05, 0) is 18.4 Å². The van der Waals surface area contributed by atoms with Gasteiger partial charge in [0.2, 0.25) is 0 Å². The smallest absolute Gasteiger partial charge is 0.193 e. The quantitative estimate of drug-likeness (QED) is 0.374. The zero-order valence-corrected chi connectivity index (χ0v) is 18.5. The van der Waals surface area contributed by atoms with Gasteiger partial charge in [0.15, 0.2) is 5.96 Å². The maximum atomic E-state index is 5.47. The minimum absolute atomic E-state index is 0. The molecule has 1 aromatic carbocycles. The van der Waals surface area contributed by atoms with Gasteiger partial charge in [0, 0.05) is 52.1 Å². The van der Waals surface area contributed by atoms with Gasteiger partial charge in [-0.25, -0.2) is 4.98 Å². The molecule has 3 rings (SSSR count). The van der Waals surface area contributed by atoms with Crippen LogP contribution in [0.5, 0.6) is 0 Å². The lowest BCUT2D eigenvalue weighted by molar-refractivity contribution is 0.181. The number of hydrogen-bond acceptors (Lipinski definition) is 3. The monoisotopic (exact) mass is 483 g/mol. The predicted molar refractivity (Wildman–Crippen MR) is 120 cm³/mol. The number of halogens is 1. The first-order valence-electron chi connectivity index (χ1n) is 9.29. The number of guanidine groups is 1. The Kier molecular flexibility index (Phi) is 9.06. The summed E-state index contributed by atoms with van der Waals surface area (Å²) in [7, 11) is 3.90. The van der Waals surface area contributed by atoms with Gasteiger partial charge < -0.3 is 19.5 Å². The third-order valence-corrected chi connectivity index (χ3v) is 4.82. The van der Waals surface area contributed by atoms with Gasteiger partial charge in [-0.2, -0.15) is 0 Å². The van der Waals surface area contributed by atoms with Crippen LogP contribution in [-0.2, 0) is 24.2 Å². The topological polar surface area (TPSA) is 54.7 Å². The molecule has 1 aliphatic heterocycles. The standard InChI is InChI=1S/C20H29N5O.HI/c1-21-20(24(2)15-18-9-13-26-16-18)23-14-19-22-10-12-25(19)11-8-17-6-4-3-5-7-17;/h3-7,10,12,18H,8-9,11,13-16H2,1-2H3,(H,21,23);1H. The second-order valence-electron chi connectivity index (χ2n) is 6.78. The predicted octanol–water partition coefficient (Wildman–Crippen LogP) is 2.79. The highest BCUT2D eigenvalue weighted by atomic mass is 127. The number of aromatic nitrogens is 2. The second-order valence-corrected chi connectivity index (χ2v) is 6.78. The molecule has 0 saturated carbocycles. The Morgan fingerprint density at radius 1 is 1.37 bits per heavy atom. The summed E-state index contributed by atoms with van der Waals surface area (Å²) < 4.78 is 7.68. The number of nitrogens with zero attached hydrogens (tertiary/aromatic N) is 4. The Bertz CT molecular complexity index is 697. The van der Waals surface area contributed by atoms with Crippen molar-refractivity contribution in [3.8, 4) is 0 Å². The summed E-state index contributed by atoms with van der Waals surface area (Å²) in [6.45, 7) is 4.28. The average molecular weight is 483 g/mol. The first-order valence-corrected chi connectivity index (χ1v) is 9.29. The molecule has 1 N–H and O–H groups in total. The van der Waals surface area contributed by atoms with Crippen molar-refractivity contribution in [2.24, 2.45) is 10.9 Å². The van der Waals surface area contributed by atoms with Crippen molar-refractivity contribution in [2.75, 3.05) is 33.9 Å². The molecular formula is C20H30IN5O. The highest BCUT2D eigenvalue weighted by molar-refractivity contribution is 14.0. The molecule has 7 heteroatoms. The number of rotatable bonds is 7. The molecule has 1 aromatic heterocycles. The van der Waals surface area contributed by atoms with Gasteiger partial charge in [-0.15, -0.1) is 24.0 Å². The number of hydrogen-bond donors (Lipinski definition) is 1.